The van der Waals surface area contributed by atoms with Crippen LogP contribution in [0, 0.1) is 0 Å². The summed E-state index contributed by atoms with van der Waals surface area (Å²) in [6.07, 6.45) is 4.98. The highest BCUT2D eigenvalue weighted by Crippen LogP contribution is 2.29. The number of Topliss-reactive ketones (excluding diaryl/α,β-unsaturated/α-hetero) is 1. The quantitative estimate of drug-likeness (QED) is 0.587. The zero-order valence-corrected chi connectivity index (χ0v) is 19.8. The summed E-state index contributed by atoms with van der Waals surface area (Å²) in [6.45, 7) is 6.62. The van der Waals surface area contributed by atoms with Crippen molar-refractivity contribution in [2.24, 2.45) is 0 Å². The molecule has 0 bridgehead atoms. The van der Waals surface area contributed by atoms with Gasteiger partial charge in [-0.05, 0) is 49.4 Å². The van der Waals surface area contributed by atoms with Crippen LogP contribution >= 0.6 is 0 Å². The third-order valence-corrected chi connectivity index (χ3v) is 6.77. The Bertz CT molecular complexity index is 983. The van der Waals surface area contributed by atoms with Crippen molar-refractivity contribution in [3.8, 4) is 0 Å². The Labute approximate surface area is 200 Å². The minimum Gasteiger partial charge on any atom is -0.472 e. The lowest BCUT2D eigenvalue weighted by Gasteiger charge is -2.31. The van der Waals surface area contributed by atoms with Crippen molar-refractivity contribution >= 4 is 17.6 Å². The van der Waals surface area contributed by atoms with Gasteiger partial charge in [0.25, 0.3) is 5.91 Å². The summed E-state index contributed by atoms with van der Waals surface area (Å²) < 4.78 is 10.7. The summed E-state index contributed by atoms with van der Waals surface area (Å²) in [5.74, 6) is -0.934. The lowest BCUT2D eigenvalue weighted by atomic mass is 9.79. The van der Waals surface area contributed by atoms with Crippen molar-refractivity contribution in [1.29, 1.82) is 0 Å². The maximum Gasteiger partial charge on any atom is 0.255 e. The van der Waals surface area contributed by atoms with E-state index in [1.807, 2.05) is 44.2 Å². The molecule has 0 spiro atoms. The predicted octanol–water partition coefficient (Wildman–Crippen LogP) is 2.29. The van der Waals surface area contributed by atoms with Gasteiger partial charge >= 0.3 is 0 Å². The number of furan rings is 1. The fourth-order valence-corrected chi connectivity index (χ4v) is 4.75. The van der Waals surface area contributed by atoms with E-state index < -0.39 is 29.3 Å². The zero-order chi connectivity index (χ0) is 24.1. The molecule has 8 nitrogen and oxygen atoms in total. The van der Waals surface area contributed by atoms with E-state index in [4.69, 9.17) is 9.15 Å². The van der Waals surface area contributed by atoms with Gasteiger partial charge < -0.3 is 24.7 Å². The molecule has 34 heavy (non-hydrogen) atoms. The van der Waals surface area contributed by atoms with E-state index in [2.05, 4.69) is 15.5 Å². The van der Waals surface area contributed by atoms with Crippen LogP contribution in [0.25, 0.3) is 0 Å². The van der Waals surface area contributed by atoms with Gasteiger partial charge in [-0.25, -0.2) is 0 Å². The summed E-state index contributed by atoms with van der Waals surface area (Å²) in [5.41, 5.74) is 0.984. The van der Waals surface area contributed by atoms with E-state index in [0.29, 0.717) is 18.5 Å². The van der Waals surface area contributed by atoms with Gasteiger partial charge in [0.15, 0.2) is 5.78 Å². The van der Waals surface area contributed by atoms with Crippen LogP contribution in [0.5, 0.6) is 0 Å². The Kier molecular flexibility index (Phi) is 7.48. The van der Waals surface area contributed by atoms with Gasteiger partial charge in [0.1, 0.15) is 25.0 Å². The minimum absolute atomic E-state index is 0.00892. The van der Waals surface area contributed by atoms with E-state index >= 15 is 0 Å². The van der Waals surface area contributed by atoms with E-state index in [9.17, 15) is 14.4 Å². The molecule has 2 fully saturated rings. The fourth-order valence-electron chi connectivity index (χ4n) is 4.75. The number of rotatable bonds is 9. The van der Waals surface area contributed by atoms with E-state index in [-0.39, 0.29) is 18.5 Å². The van der Waals surface area contributed by atoms with E-state index in [1.165, 1.54) is 12.5 Å². The summed E-state index contributed by atoms with van der Waals surface area (Å²) in [7, 11) is 0. The smallest absolute Gasteiger partial charge is 0.255 e. The Morgan fingerprint density at radius 2 is 1.88 bits per heavy atom. The average molecular weight is 468 g/mol. The second-order valence-corrected chi connectivity index (χ2v) is 9.80. The molecule has 0 aliphatic carbocycles. The van der Waals surface area contributed by atoms with Crippen molar-refractivity contribution in [1.82, 2.24) is 15.5 Å². The monoisotopic (exact) mass is 467 g/mol. The molecule has 1 aromatic carbocycles. The number of likely N-dealkylation sites (tertiary alicyclic amines) is 1. The molecule has 2 amide bonds. The second kappa shape index (κ2) is 10.5. The number of amides is 2. The van der Waals surface area contributed by atoms with Crippen LogP contribution in [0.1, 0.15) is 49.0 Å². The second-order valence-electron chi connectivity index (χ2n) is 9.80. The number of ether oxygens (including phenoxy) is 1. The van der Waals surface area contributed by atoms with Crippen LogP contribution in [-0.4, -0.2) is 66.9 Å². The van der Waals surface area contributed by atoms with Crippen molar-refractivity contribution in [3.63, 3.8) is 0 Å². The van der Waals surface area contributed by atoms with Gasteiger partial charge in [0, 0.05) is 6.54 Å². The fraction of sp³-hybridized carbons (Fsp3) is 0.500. The molecule has 2 N–H and O–H groups in total. The van der Waals surface area contributed by atoms with Gasteiger partial charge in [0.2, 0.25) is 5.91 Å². The highest BCUT2D eigenvalue weighted by molar-refractivity contribution is 5.98. The molecule has 2 aromatic rings. The molecule has 3 atom stereocenters. The number of nitrogens with zero attached hydrogens (tertiary/aromatic N) is 1. The molecule has 8 heteroatoms. The molecule has 3 heterocycles. The highest BCUT2D eigenvalue weighted by Gasteiger charge is 2.40. The number of benzene rings is 1. The van der Waals surface area contributed by atoms with Gasteiger partial charge in [-0.3, -0.25) is 14.4 Å². The van der Waals surface area contributed by atoms with Crippen LogP contribution in [0.4, 0.5) is 0 Å². The molecule has 4 rings (SSSR count). The Hall–Kier alpha value is -2.97. The van der Waals surface area contributed by atoms with Crippen LogP contribution in [0.15, 0.2) is 53.3 Å². The average Bonchev–Trinajstić information content (AvgIpc) is 3.59. The molecule has 0 saturated carbocycles. The maximum absolute atomic E-state index is 13.5. The first-order valence-corrected chi connectivity index (χ1v) is 11.9. The first-order chi connectivity index (χ1) is 16.3. The lowest BCUT2D eigenvalue weighted by molar-refractivity contribution is -0.128. The van der Waals surface area contributed by atoms with Gasteiger partial charge in [-0.2, -0.15) is 0 Å². The maximum atomic E-state index is 13.5. The molecule has 1 aromatic heterocycles. The summed E-state index contributed by atoms with van der Waals surface area (Å²) in [4.78, 5) is 41.1. The van der Waals surface area contributed by atoms with E-state index in [0.717, 1.165) is 31.5 Å². The number of hydrogen-bond acceptors (Lipinski definition) is 6. The number of carbonyl (C=O) groups excluding carboxylic acids is 3. The number of carbonyl (C=O) groups is 3. The first-order valence-electron chi connectivity index (χ1n) is 11.9. The van der Waals surface area contributed by atoms with Gasteiger partial charge in [0.05, 0.1) is 17.9 Å². The molecule has 2 aliphatic rings. The highest BCUT2D eigenvalue weighted by atomic mass is 16.5. The lowest BCUT2D eigenvalue weighted by Crippen LogP contribution is -2.55. The van der Waals surface area contributed by atoms with Crippen molar-refractivity contribution in [2.45, 2.75) is 56.7 Å². The molecule has 0 radical (unpaired) electrons. The van der Waals surface area contributed by atoms with Crippen LogP contribution < -0.4 is 10.6 Å². The van der Waals surface area contributed by atoms with Crippen molar-refractivity contribution in [2.75, 3.05) is 26.2 Å². The van der Waals surface area contributed by atoms with Crippen LogP contribution in [-0.2, 0) is 19.7 Å². The summed E-state index contributed by atoms with van der Waals surface area (Å²) in [6, 6.07) is 9.84. The van der Waals surface area contributed by atoms with Gasteiger partial charge in [-0.15, -0.1) is 0 Å². The SMILES string of the molecule is CC(C)(CC(NC(=O)c1ccoc1)C(=O)NC1C(=O)COC1CN1CCCC1)c1ccccc1. The van der Waals surface area contributed by atoms with Crippen molar-refractivity contribution in [3.05, 3.63) is 60.1 Å². The summed E-state index contributed by atoms with van der Waals surface area (Å²) in [5, 5.41) is 5.75. The largest absolute Gasteiger partial charge is 0.472 e. The summed E-state index contributed by atoms with van der Waals surface area (Å²) >= 11 is 0. The topological polar surface area (TPSA) is 101 Å². The van der Waals surface area contributed by atoms with Crippen molar-refractivity contribution < 1.29 is 23.5 Å². The van der Waals surface area contributed by atoms with Crippen LogP contribution in [0.3, 0.4) is 0 Å². The van der Waals surface area contributed by atoms with Gasteiger partial charge in [-0.1, -0.05) is 44.2 Å². The molecular weight excluding hydrogens is 434 g/mol. The molecule has 2 aliphatic heterocycles. The minimum atomic E-state index is -0.849. The third kappa shape index (κ3) is 5.74. The number of hydrogen-bond donors (Lipinski definition) is 2. The molecule has 2 saturated heterocycles. The first kappa shape index (κ1) is 24.2. The normalized spacial score (nSPS) is 22.0. The molecule has 182 valence electrons. The van der Waals surface area contributed by atoms with Crippen LogP contribution in [0.2, 0.25) is 0 Å². The Morgan fingerprint density at radius 3 is 2.56 bits per heavy atom. The standard InChI is InChI=1S/C26H33N3O5/c1-26(2,19-8-4-3-5-9-19)14-20(27-24(31)18-10-13-33-16-18)25(32)28-23-21(30)17-34-22(23)15-29-11-6-7-12-29/h3-5,8-10,13,16,20,22-23H,6-7,11-12,14-15,17H2,1-2H3,(H,27,31)(H,28,32). The number of ketones is 1. The van der Waals surface area contributed by atoms with E-state index in [1.54, 1.807) is 6.07 Å². The predicted molar refractivity (Wildman–Crippen MR) is 126 cm³/mol. The zero-order valence-electron chi connectivity index (χ0n) is 19.8. The Balaban J connectivity index is 1.50. The number of nitrogens with one attached hydrogen (secondary N) is 2. The Morgan fingerprint density at radius 1 is 1.15 bits per heavy atom. The molecular formula is C26H33N3O5. The third-order valence-electron chi connectivity index (χ3n) is 6.77. The molecule has 3 unspecified atom stereocenters.